The highest BCUT2D eigenvalue weighted by atomic mass is 32.1. The van der Waals surface area contributed by atoms with E-state index in [0.717, 1.165) is 23.5 Å². The predicted molar refractivity (Wildman–Crippen MR) is 81.7 cm³/mol. The van der Waals surface area contributed by atoms with Crippen molar-refractivity contribution in [1.82, 2.24) is 5.32 Å². The number of hydrogen-bond donors (Lipinski definition) is 2. The highest BCUT2D eigenvalue weighted by molar-refractivity contribution is 7.14. The molecular formula is C16H19NO3S. The minimum atomic E-state index is -1.20. The summed E-state index contributed by atoms with van der Waals surface area (Å²) < 4.78 is 5.44. The Morgan fingerprint density at radius 2 is 2.29 bits per heavy atom. The molecule has 2 aromatic heterocycles. The van der Waals surface area contributed by atoms with Gasteiger partial charge in [0.25, 0.3) is 5.91 Å². The van der Waals surface area contributed by atoms with Crippen LogP contribution in [0, 0.1) is 6.92 Å². The summed E-state index contributed by atoms with van der Waals surface area (Å²) in [5.41, 5.74) is 0.0998. The summed E-state index contributed by atoms with van der Waals surface area (Å²) in [5.74, 6) is 1.08. The molecular weight excluding hydrogens is 286 g/mol. The van der Waals surface area contributed by atoms with Gasteiger partial charge in [0.2, 0.25) is 0 Å². The van der Waals surface area contributed by atoms with Crippen molar-refractivity contribution in [2.24, 2.45) is 0 Å². The molecule has 0 radical (unpaired) electrons. The molecule has 2 N–H and O–H groups in total. The second-order valence-electron chi connectivity index (χ2n) is 5.78. The second kappa shape index (κ2) is 5.31. The summed E-state index contributed by atoms with van der Waals surface area (Å²) in [6.45, 7) is 3.59. The largest absolute Gasteiger partial charge is 0.463 e. The van der Waals surface area contributed by atoms with Gasteiger partial charge >= 0.3 is 0 Å². The first kappa shape index (κ1) is 14.4. The zero-order chi connectivity index (χ0) is 15.0. The normalized spacial score (nSPS) is 16.5. The zero-order valence-corrected chi connectivity index (χ0v) is 13.0. The van der Waals surface area contributed by atoms with E-state index in [1.807, 2.05) is 13.0 Å². The Hall–Kier alpha value is -1.59. The van der Waals surface area contributed by atoms with E-state index in [1.54, 1.807) is 30.4 Å². The number of nitrogens with one attached hydrogen (secondary N) is 1. The standard InChI is InChI=1S/C16H19NO3S/c1-10-6-7-14(20-10)16(2,19)9-17-15(18)13-8-11-4-3-5-12(11)21-13/h6-8,19H,3-5,9H2,1-2H3,(H,17,18). The molecule has 5 heteroatoms. The highest BCUT2D eigenvalue weighted by Gasteiger charge is 2.28. The highest BCUT2D eigenvalue weighted by Crippen LogP contribution is 2.30. The predicted octanol–water partition coefficient (Wildman–Crippen LogP) is 2.78. The summed E-state index contributed by atoms with van der Waals surface area (Å²) in [7, 11) is 0. The van der Waals surface area contributed by atoms with Crippen LogP contribution in [0.1, 0.15) is 45.0 Å². The van der Waals surface area contributed by atoms with E-state index in [9.17, 15) is 9.90 Å². The third-order valence-electron chi connectivity index (χ3n) is 3.83. The molecule has 1 unspecified atom stereocenters. The average Bonchev–Trinajstić information content (AvgIpc) is 3.10. The Morgan fingerprint density at radius 3 is 2.95 bits per heavy atom. The minimum absolute atomic E-state index is 0.126. The lowest BCUT2D eigenvalue weighted by Crippen LogP contribution is -2.38. The maximum atomic E-state index is 12.2. The van der Waals surface area contributed by atoms with Crippen molar-refractivity contribution < 1.29 is 14.3 Å². The van der Waals surface area contributed by atoms with Gasteiger partial charge in [-0.3, -0.25) is 4.79 Å². The zero-order valence-electron chi connectivity index (χ0n) is 12.2. The van der Waals surface area contributed by atoms with Crippen molar-refractivity contribution in [1.29, 1.82) is 0 Å². The van der Waals surface area contributed by atoms with Gasteiger partial charge in [0.05, 0.1) is 11.4 Å². The molecule has 0 saturated carbocycles. The molecule has 1 amide bonds. The van der Waals surface area contributed by atoms with E-state index in [-0.39, 0.29) is 12.5 Å². The van der Waals surface area contributed by atoms with Crippen LogP contribution in [-0.2, 0) is 18.4 Å². The Morgan fingerprint density at radius 1 is 1.48 bits per heavy atom. The van der Waals surface area contributed by atoms with Gasteiger partial charge in [-0.2, -0.15) is 0 Å². The molecule has 0 spiro atoms. The first-order valence-electron chi connectivity index (χ1n) is 7.15. The van der Waals surface area contributed by atoms with Crippen molar-refractivity contribution >= 4 is 17.2 Å². The number of thiophene rings is 1. The number of furan rings is 1. The number of amides is 1. The van der Waals surface area contributed by atoms with Gasteiger partial charge < -0.3 is 14.8 Å². The Kier molecular flexibility index (Phi) is 3.63. The lowest BCUT2D eigenvalue weighted by atomic mass is 10.0. The minimum Gasteiger partial charge on any atom is -0.463 e. The number of hydrogen-bond acceptors (Lipinski definition) is 4. The first-order chi connectivity index (χ1) is 9.95. The van der Waals surface area contributed by atoms with E-state index >= 15 is 0 Å². The fourth-order valence-corrected chi connectivity index (χ4v) is 3.76. The fraction of sp³-hybridized carbons (Fsp3) is 0.438. The van der Waals surface area contributed by atoms with Crippen molar-refractivity contribution in [2.45, 2.75) is 38.7 Å². The lowest BCUT2D eigenvalue weighted by molar-refractivity contribution is 0.0324. The molecule has 4 nitrogen and oxygen atoms in total. The van der Waals surface area contributed by atoms with Crippen molar-refractivity contribution in [3.8, 4) is 0 Å². The van der Waals surface area contributed by atoms with Crippen LogP contribution in [0.25, 0.3) is 0 Å². The average molecular weight is 305 g/mol. The number of carbonyl (C=O) groups is 1. The van der Waals surface area contributed by atoms with Gasteiger partial charge in [-0.25, -0.2) is 0 Å². The Bertz CT molecular complexity index is 647. The molecule has 0 aliphatic heterocycles. The van der Waals surface area contributed by atoms with Crippen LogP contribution in [0.15, 0.2) is 22.6 Å². The number of aryl methyl sites for hydroxylation is 3. The number of carbonyl (C=O) groups excluding carboxylic acids is 1. The van der Waals surface area contributed by atoms with Gasteiger partial charge in [0.1, 0.15) is 17.1 Å². The molecule has 0 saturated heterocycles. The van der Waals surface area contributed by atoms with Crippen LogP contribution >= 0.6 is 11.3 Å². The lowest BCUT2D eigenvalue weighted by Gasteiger charge is -2.21. The van der Waals surface area contributed by atoms with E-state index in [1.165, 1.54) is 16.9 Å². The Labute approximate surface area is 127 Å². The SMILES string of the molecule is Cc1ccc(C(C)(O)CNC(=O)c2cc3c(s2)CCC3)o1. The van der Waals surface area contributed by atoms with Crippen LogP contribution in [0.2, 0.25) is 0 Å². The molecule has 0 bridgehead atoms. The summed E-state index contributed by atoms with van der Waals surface area (Å²) >= 11 is 1.56. The van der Waals surface area contributed by atoms with E-state index in [2.05, 4.69) is 5.32 Å². The topological polar surface area (TPSA) is 62.5 Å². The number of aliphatic hydroxyl groups is 1. The van der Waals surface area contributed by atoms with Crippen LogP contribution in [0.5, 0.6) is 0 Å². The molecule has 3 rings (SSSR count). The second-order valence-corrected chi connectivity index (χ2v) is 6.92. The van der Waals surface area contributed by atoms with Gasteiger partial charge in [-0.05, 0) is 56.9 Å². The fourth-order valence-electron chi connectivity index (χ4n) is 2.59. The van der Waals surface area contributed by atoms with Gasteiger partial charge in [0.15, 0.2) is 0 Å². The molecule has 21 heavy (non-hydrogen) atoms. The summed E-state index contributed by atoms with van der Waals surface area (Å²) in [6.07, 6.45) is 3.34. The summed E-state index contributed by atoms with van der Waals surface area (Å²) in [5, 5.41) is 13.2. The molecule has 1 aliphatic rings. The van der Waals surface area contributed by atoms with Crippen molar-refractivity contribution in [3.05, 3.63) is 45.0 Å². The van der Waals surface area contributed by atoms with E-state index in [4.69, 9.17) is 4.42 Å². The summed E-state index contributed by atoms with van der Waals surface area (Å²) in [6, 6.07) is 5.52. The number of rotatable bonds is 4. The van der Waals surface area contributed by atoms with Crippen molar-refractivity contribution in [2.75, 3.05) is 6.54 Å². The van der Waals surface area contributed by atoms with Crippen LogP contribution in [-0.4, -0.2) is 17.6 Å². The Balaban J connectivity index is 1.65. The van der Waals surface area contributed by atoms with Gasteiger partial charge in [-0.1, -0.05) is 0 Å². The van der Waals surface area contributed by atoms with Crippen LogP contribution < -0.4 is 5.32 Å². The molecule has 112 valence electrons. The third-order valence-corrected chi connectivity index (χ3v) is 5.07. The monoisotopic (exact) mass is 305 g/mol. The smallest absolute Gasteiger partial charge is 0.261 e. The molecule has 2 heterocycles. The van der Waals surface area contributed by atoms with Gasteiger partial charge in [0, 0.05) is 4.88 Å². The quantitative estimate of drug-likeness (QED) is 0.913. The van der Waals surface area contributed by atoms with Crippen LogP contribution in [0.4, 0.5) is 0 Å². The summed E-state index contributed by atoms with van der Waals surface area (Å²) in [4.78, 5) is 14.2. The first-order valence-corrected chi connectivity index (χ1v) is 7.96. The maximum absolute atomic E-state index is 12.2. The van der Waals surface area contributed by atoms with Gasteiger partial charge in [-0.15, -0.1) is 11.3 Å². The van der Waals surface area contributed by atoms with Crippen molar-refractivity contribution in [3.63, 3.8) is 0 Å². The molecule has 0 aromatic carbocycles. The third kappa shape index (κ3) is 2.89. The molecule has 2 aromatic rings. The molecule has 0 fully saturated rings. The van der Waals surface area contributed by atoms with E-state index in [0.29, 0.717) is 5.76 Å². The van der Waals surface area contributed by atoms with E-state index < -0.39 is 5.60 Å². The maximum Gasteiger partial charge on any atom is 0.261 e. The molecule has 1 atom stereocenters. The van der Waals surface area contributed by atoms with Crippen LogP contribution in [0.3, 0.4) is 0 Å². The molecule has 1 aliphatic carbocycles. The number of fused-ring (bicyclic) bond motifs is 1.